The first kappa shape index (κ1) is 22.2. The van der Waals surface area contributed by atoms with Crippen LogP contribution in [0.1, 0.15) is 12.5 Å². The second kappa shape index (κ2) is 10.0. The van der Waals surface area contributed by atoms with Crippen LogP contribution < -0.4 is 9.62 Å². The minimum absolute atomic E-state index is 0.127. The third-order valence-electron chi connectivity index (χ3n) is 5.16. The number of benzene rings is 2. The number of nitrogens with zero attached hydrogens (tertiary/aromatic N) is 3. The Kier molecular flexibility index (Phi) is 7.45. The smallest absolute Gasteiger partial charge is 0.250 e. The van der Waals surface area contributed by atoms with E-state index in [1.165, 1.54) is 11.8 Å². The van der Waals surface area contributed by atoms with E-state index in [1.54, 1.807) is 6.07 Å². The Morgan fingerprint density at radius 1 is 1.17 bits per heavy atom. The Bertz CT molecular complexity index is 1050. The van der Waals surface area contributed by atoms with Crippen LogP contribution in [0.15, 0.2) is 41.3 Å². The Morgan fingerprint density at radius 2 is 1.87 bits per heavy atom. The zero-order valence-electron chi connectivity index (χ0n) is 17.5. The quantitative estimate of drug-likeness (QED) is 0.513. The number of likely N-dealkylation sites (N-methyl/N-ethyl adjacent to an activating group) is 1. The maximum atomic E-state index is 12.4. The zero-order chi connectivity index (χ0) is 21.6. The molecule has 1 fully saturated rings. The van der Waals surface area contributed by atoms with Crippen LogP contribution in [0.25, 0.3) is 16.8 Å². The molecule has 0 aromatic heterocycles. The first-order valence-corrected chi connectivity index (χ1v) is 11.6. The minimum atomic E-state index is -3.87. The van der Waals surface area contributed by atoms with Crippen LogP contribution in [0.3, 0.4) is 0 Å². The number of hydrogen-bond donors (Lipinski definition) is 1. The highest BCUT2D eigenvalue weighted by Gasteiger charge is 2.17. The van der Waals surface area contributed by atoms with Gasteiger partial charge in [0.25, 0.3) is 10.0 Å². The first-order chi connectivity index (χ1) is 14.4. The Balaban J connectivity index is 1.79. The van der Waals surface area contributed by atoms with Crippen molar-refractivity contribution in [2.45, 2.75) is 6.92 Å². The van der Waals surface area contributed by atoms with Crippen molar-refractivity contribution in [3.8, 4) is 6.07 Å². The lowest BCUT2D eigenvalue weighted by molar-refractivity contribution is 0.153. The number of nitriles is 1. The van der Waals surface area contributed by atoms with Crippen molar-refractivity contribution in [2.24, 2.45) is 0 Å². The molecule has 160 valence electrons. The largest absolute Gasteiger partial charge is 0.380 e. The summed E-state index contributed by atoms with van der Waals surface area (Å²) >= 11 is 0. The number of anilines is 1. The fourth-order valence-corrected chi connectivity index (χ4v) is 4.31. The molecule has 0 atom stereocenters. The predicted molar refractivity (Wildman–Crippen MR) is 121 cm³/mol. The molecule has 0 spiro atoms. The van der Waals surface area contributed by atoms with E-state index >= 15 is 0 Å². The third kappa shape index (κ3) is 5.58. The van der Waals surface area contributed by atoms with Gasteiger partial charge in [-0.05, 0) is 54.6 Å². The van der Waals surface area contributed by atoms with Gasteiger partial charge in [-0.2, -0.15) is 5.26 Å². The van der Waals surface area contributed by atoms with Gasteiger partial charge in [0.05, 0.1) is 6.61 Å². The van der Waals surface area contributed by atoms with E-state index in [2.05, 4.69) is 33.7 Å². The fraction of sp³-hybridized carbons (Fsp3) is 0.409. The summed E-state index contributed by atoms with van der Waals surface area (Å²) in [6.07, 6.45) is 1.40. The summed E-state index contributed by atoms with van der Waals surface area (Å²) in [5.74, 6) is 0. The van der Waals surface area contributed by atoms with Gasteiger partial charge in [0, 0.05) is 45.0 Å². The topological polar surface area (TPSA) is 85.7 Å². The minimum Gasteiger partial charge on any atom is -0.380 e. The van der Waals surface area contributed by atoms with Gasteiger partial charge >= 0.3 is 0 Å². The molecule has 0 radical (unpaired) electrons. The van der Waals surface area contributed by atoms with Crippen LogP contribution in [-0.2, 0) is 14.8 Å². The molecule has 3 rings (SSSR count). The van der Waals surface area contributed by atoms with Gasteiger partial charge in [-0.25, -0.2) is 13.1 Å². The van der Waals surface area contributed by atoms with Gasteiger partial charge < -0.3 is 14.5 Å². The van der Waals surface area contributed by atoms with E-state index in [0.29, 0.717) is 12.2 Å². The van der Waals surface area contributed by atoms with Gasteiger partial charge in [-0.15, -0.1) is 0 Å². The van der Waals surface area contributed by atoms with Gasteiger partial charge in [0.1, 0.15) is 6.07 Å². The third-order valence-corrected chi connectivity index (χ3v) is 6.53. The van der Waals surface area contributed by atoms with Crippen molar-refractivity contribution >= 4 is 32.6 Å². The molecular formula is C22H28N4O3S. The molecule has 0 bridgehead atoms. The molecule has 0 saturated carbocycles. The Hall–Kier alpha value is -2.44. The van der Waals surface area contributed by atoms with E-state index in [1.807, 2.05) is 31.2 Å². The standard InChI is InChI=1S/C22H28N4O3S/c1-3-29-13-8-24-30(27,28)22(17-23)15-18-4-5-20-16-21(7-6-19(20)14-18)26-11-9-25(2)10-12-26/h4-7,14-16,24H,3,8-13H2,1-2H3/b22-15+. The number of piperazine rings is 1. The van der Waals surface area contributed by atoms with Crippen molar-refractivity contribution in [3.05, 3.63) is 46.9 Å². The molecule has 1 saturated heterocycles. The summed E-state index contributed by atoms with van der Waals surface area (Å²) in [5.41, 5.74) is 1.86. The average molecular weight is 429 g/mol. The van der Waals surface area contributed by atoms with Crippen molar-refractivity contribution in [2.75, 3.05) is 57.9 Å². The van der Waals surface area contributed by atoms with Crippen LogP contribution in [0, 0.1) is 11.3 Å². The summed E-state index contributed by atoms with van der Waals surface area (Å²) in [6, 6.07) is 13.8. The molecule has 0 unspecified atom stereocenters. The normalized spacial score (nSPS) is 16.0. The number of hydrogen-bond acceptors (Lipinski definition) is 6. The molecule has 0 amide bonds. The van der Waals surface area contributed by atoms with Crippen molar-refractivity contribution in [1.82, 2.24) is 9.62 Å². The highest BCUT2D eigenvalue weighted by Crippen LogP contribution is 2.25. The van der Waals surface area contributed by atoms with Crippen molar-refractivity contribution in [1.29, 1.82) is 5.26 Å². The van der Waals surface area contributed by atoms with Gasteiger partial charge in [0.15, 0.2) is 4.91 Å². The van der Waals surface area contributed by atoms with Gasteiger partial charge in [-0.3, -0.25) is 0 Å². The predicted octanol–water partition coefficient (Wildman–Crippen LogP) is 2.41. The summed E-state index contributed by atoms with van der Waals surface area (Å²) in [5, 5.41) is 11.4. The Morgan fingerprint density at radius 3 is 2.57 bits per heavy atom. The van der Waals surface area contributed by atoms with E-state index in [4.69, 9.17) is 4.74 Å². The van der Waals surface area contributed by atoms with Gasteiger partial charge in [0.2, 0.25) is 0 Å². The second-order valence-electron chi connectivity index (χ2n) is 7.30. The average Bonchev–Trinajstić information content (AvgIpc) is 2.75. The summed E-state index contributed by atoms with van der Waals surface area (Å²) in [7, 11) is -1.73. The zero-order valence-corrected chi connectivity index (χ0v) is 18.3. The van der Waals surface area contributed by atoms with Crippen LogP contribution in [0.2, 0.25) is 0 Å². The molecule has 30 heavy (non-hydrogen) atoms. The molecule has 1 N–H and O–H groups in total. The molecule has 1 aliphatic heterocycles. The highest BCUT2D eigenvalue weighted by atomic mass is 32.2. The van der Waals surface area contributed by atoms with Crippen molar-refractivity contribution < 1.29 is 13.2 Å². The number of fused-ring (bicyclic) bond motifs is 1. The molecule has 1 heterocycles. The molecule has 7 nitrogen and oxygen atoms in total. The number of sulfonamides is 1. The van der Waals surface area contributed by atoms with Crippen LogP contribution in [0.5, 0.6) is 0 Å². The van der Waals surface area contributed by atoms with E-state index < -0.39 is 10.0 Å². The van der Waals surface area contributed by atoms with E-state index in [-0.39, 0.29) is 18.1 Å². The molecular weight excluding hydrogens is 400 g/mol. The summed E-state index contributed by atoms with van der Waals surface area (Å²) < 4.78 is 32.3. The summed E-state index contributed by atoms with van der Waals surface area (Å²) in [6.45, 7) is 6.84. The summed E-state index contributed by atoms with van der Waals surface area (Å²) in [4.78, 5) is 4.39. The van der Waals surface area contributed by atoms with Gasteiger partial charge in [-0.1, -0.05) is 18.2 Å². The lowest BCUT2D eigenvalue weighted by Crippen LogP contribution is -2.44. The van der Waals surface area contributed by atoms with E-state index in [9.17, 15) is 13.7 Å². The maximum absolute atomic E-state index is 12.4. The molecule has 1 aliphatic rings. The molecule has 8 heteroatoms. The van der Waals surface area contributed by atoms with Crippen LogP contribution >= 0.6 is 0 Å². The second-order valence-corrected chi connectivity index (χ2v) is 9.03. The number of ether oxygens (including phenoxy) is 1. The van der Waals surface area contributed by atoms with Crippen molar-refractivity contribution in [3.63, 3.8) is 0 Å². The van der Waals surface area contributed by atoms with Crippen LogP contribution in [-0.4, -0.2) is 66.3 Å². The van der Waals surface area contributed by atoms with Crippen LogP contribution in [0.4, 0.5) is 5.69 Å². The highest BCUT2D eigenvalue weighted by molar-refractivity contribution is 7.93. The van der Waals surface area contributed by atoms with E-state index in [0.717, 1.165) is 37.0 Å². The fourth-order valence-electron chi connectivity index (χ4n) is 3.39. The lowest BCUT2D eigenvalue weighted by Gasteiger charge is -2.34. The molecule has 0 aliphatic carbocycles. The molecule has 2 aromatic carbocycles. The maximum Gasteiger partial charge on any atom is 0.250 e. The monoisotopic (exact) mass is 428 g/mol. The first-order valence-electron chi connectivity index (χ1n) is 10.1. The number of nitrogens with one attached hydrogen (secondary N) is 1. The Labute approximate surface area is 178 Å². The number of allylic oxidation sites excluding steroid dienone is 1. The lowest BCUT2D eigenvalue weighted by atomic mass is 10.1. The SMILES string of the molecule is CCOCCNS(=O)(=O)/C(C#N)=C/c1ccc2cc(N3CCN(C)CC3)ccc2c1. The molecule has 2 aromatic rings. The number of rotatable bonds is 8.